The van der Waals surface area contributed by atoms with Crippen molar-refractivity contribution in [1.82, 2.24) is 0 Å². The van der Waals surface area contributed by atoms with E-state index in [0.717, 1.165) is 38.5 Å². The fourth-order valence-electron chi connectivity index (χ4n) is 1.01. The van der Waals surface area contributed by atoms with E-state index in [9.17, 15) is 0 Å². The molecule has 0 aromatic rings. The van der Waals surface area contributed by atoms with Crippen molar-refractivity contribution in [2.24, 2.45) is 0 Å². The van der Waals surface area contributed by atoms with E-state index in [2.05, 4.69) is 0 Å². The molecule has 0 bridgehead atoms. The van der Waals surface area contributed by atoms with E-state index < -0.39 is 0 Å². The van der Waals surface area contributed by atoms with Crippen LogP contribution in [0.3, 0.4) is 0 Å². The molecule has 1 fully saturated rings. The molecule has 3 heteroatoms. The number of hydrogen-bond acceptors (Lipinski definition) is 2. The predicted octanol–water partition coefficient (Wildman–Crippen LogP) is 1.42. The highest BCUT2D eigenvalue weighted by Crippen LogP contribution is 2.07. The first-order valence-corrected chi connectivity index (χ1v) is 4.22. The Bertz CT molecular complexity index is 81.7. The summed E-state index contributed by atoms with van der Waals surface area (Å²) in [6.45, 7) is 2.24. The second-order valence-electron chi connectivity index (χ2n) is 2.40. The largest absolute Gasteiger partial charge is 0.376 e. The van der Waals surface area contributed by atoms with E-state index in [0.29, 0.717) is 6.10 Å². The van der Waals surface area contributed by atoms with Crippen molar-refractivity contribution in [2.45, 2.75) is 18.9 Å². The number of rotatable bonds is 3. The first-order valence-electron chi connectivity index (χ1n) is 3.69. The lowest BCUT2D eigenvalue weighted by Gasteiger charge is -2.22. The summed E-state index contributed by atoms with van der Waals surface area (Å²) in [6.07, 6.45) is 2.35. The molecule has 1 atom stereocenters. The maximum Gasteiger partial charge on any atom is 0.0810 e. The van der Waals surface area contributed by atoms with Crippen LogP contribution in [0.4, 0.5) is 0 Å². The highest BCUT2D eigenvalue weighted by Gasteiger charge is 2.12. The zero-order valence-electron chi connectivity index (χ0n) is 6.01. The Hall–Kier alpha value is 0.210. The molecule has 0 aliphatic carbocycles. The van der Waals surface area contributed by atoms with Crippen molar-refractivity contribution in [1.29, 1.82) is 0 Å². The molecule has 0 spiro atoms. The summed E-state index contributed by atoms with van der Waals surface area (Å²) in [5, 5.41) is 0. The Morgan fingerprint density at radius 2 is 2.30 bits per heavy atom. The van der Waals surface area contributed by atoms with Crippen LogP contribution < -0.4 is 0 Å². The summed E-state index contributed by atoms with van der Waals surface area (Å²) in [7, 11) is 0. The lowest BCUT2D eigenvalue weighted by atomic mass is 10.2. The molecule has 1 saturated heterocycles. The molecule has 1 aliphatic rings. The molecule has 1 heterocycles. The van der Waals surface area contributed by atoms with Crippen molar-refractivity contribution in [2.75, 3.05) is 25.7 Å². The van der Waals surface area contributed by atoms with E-state index in [1.807, 2.05) is 0 Å². The summed E-state index contributed by atoms with van der Waals surface area (Å²) in [4.78, 5) is 0. The van der Waals surface area contributed by atoms with Gasteiger partial charge in [-0.2, -0.15) is 0 Å². The first-order chi connectivity index (χ1) is 4.93. The van der Waals surface area contributed by atoms with Crippen molar-refractivity contribution in [3.63, 3.8) is 0 Å². The average Bonchev–Trinajstić information content (AvgIpc) is 2.03. The van der Waals surface area contributed by atoms with Gasteiger partial charge in [-0.15, -0.1) is 11.6 Å². The van der Waals surface area contributed by atoms with Crippen LogP contribution in [0.25, 0.3) is 0 Å². The smallest absolute Gasteiger partial charge is 0.0810 e. The molecule has 1 rings (SSSR count). The average molecular weight is 165 g/mol. The second-order valence-corrected chi connectivity index (χ2v) is 2.78. The van der Waals surface area contributed by atoms with Gasteiger partial charge in [-0.05, 0) is 12.8 Å². The van der Waals surface area contributed by atoms with Crippen LogP contribution in [0.15, 0.2) is 0 Å². The monoisotopic (exact) mass is 164 g/mol. The van der Waals surface area contributed by atoms with Crippen molar-refractivity contribution >= 4 is 11.6 Å². The lowest BCUT2D eigenvalue weighted by Crippen LogP contribution is -2.28. The third-order valence-electron chi connectivity index (χ3n) is 1.54. The summed E-state index contributed by atoms with van der Waals surface area (Å²) in [5.41, 5.74) is 0. The minimum absolute atomic E-state index is 0.299. The molecular weight excluding hydrogens is 152 g/mol. The fraction of sp³-hybridized carbons (Fsp3) is 1.00. The Labute approximate surface area is 66.5 Å². The third kappa shape index (κ3) is 2.86. The quantitative estimate of drug-likeness (QED) is 0.588. The zero-order valence-corrected chi connectivity index (χ0v) is 6.77. The summed E-state index contributed by atoms with van der Waals surface area (Å²) in [5.74, 6) is 0.722. The molecule has 1 unspecified atom stereocenters. The molecule has 0 N–H and O–H groups in total. The van der Waals surface area contributed by atoms with Crippen LogP contribution in [-0.4, -0.2) is 31.8 Å². The normalized spacial score (nSPS) is 26.7. The van der Waals surface area contributed by atoms with Gasteiger partial charge in [0.25, 0.3) is 0 Å². The van der Waals surface area contributed by atoms with Gasteiger partial charge in [-0.1, -0.05) is 0 Å². The second kappa shape index (κ2) is 4.94. The Balaban J connectivity index is 2.02. The topological polar surface area (TPSA) is 18.5 Å². The van der Waals surface area contributed by atoms with Gasteiger partial charge in [0.05, 0.1) is 25.9 Å². The summed E-state index contributed by atoms with van der Waals surface area (Å²) < 4.78 is 10.6. The van der Waals surface area contributed by atoms with Crippen LogP contribution >= 0.6 is 11.6 Å². The van der Waals surface area contributed by atoms with Gasteiger partial charge < -0.3 is 9.47 Å². The third-order valence-corrected chi connectivity index (χ3v) is 1.81. The van der Waals surface area contributed by atoms with Crippen LogP contribution in [0.1, 0.15) is 12.8 Å². The fourth-order valence-corrected chi connectivity index (χ4v) is 1.16. The molecular formula is C7H13ClO2. The van der Waals surface area contributed by atoms with Crippen LogP contribution in [0.2, 0.25) is 0 Å². The molecule has 2 nitrogen and oxygen atoms in total. The van der Waals surface area contributed by atoms with Gasteiger partial charge in [-0.3, -0.25) is 0 Å². The minimum atomic E-state index is 0.299. The van der Waals surface area contributed by atoms with Crippen LogP contribution in [0.5, 0.6) is 0 Å². The first kappa shape index (κ1) is 8.31. The van der Waals surface area contributed by atoms with Gasteiger partial charge >= 0.3 is 0 Å². The number of ether oxygens (including phenoxy) is 2. The standard InChI is InChI=1S/C7H13ClO2/c8-3-1-2-7-6-9-4-5-10-7/h7H,1-6H2. The molecule has 10 heavy (non-hydrogen) atoms. The molecule has 60 valence electrons. The van der Waals surface area contributed by atoms with E-state index in [4.69, 9.17) is 21.1 Å². The maximum absolute atomic E-state index is 5.52. The highest BCUT2D eigenvalue weighted by molar-refractivity contribution is 6.17. The molecule has 0 saturated carbocycles. The SMILES string of the molecule is ClCCCC1COCCO1. The molecule has 0 radical (unpaired) electrons. The van der Waals surface area contributed by atoms with E-state index in [1.54, 1.807) is 0 Å². The van der Waals surface area contributed by atoms with Gasteiger partial charge in [0.15, 0.2) is 0 Å². The van der Waals surface area contributed by atoms with Crippen molar-refractivity contribution in [3.8, 4) is 0 Å². The van der Waals surface area contributed by atoms with Gasteiger partial charge in [0.1, 0.15) is 0 Å². The van der Waals surface area contributed by atoms with Gasteiger partial charge in [0.2, 0.25) is 0 Å². The van der Waals surface area contributed by atoms with Crippen molar-refractivity contribution < 1.29 is 9.47 Å². The number of alkyl halides is 1. The molecule has 0 aromatic heterocycles. The summed E-state index contributed by atoms with van der Waals surface area (Å²) >= 11 is 5.52. The molecule has 0 aromatic carbocycles. The van der Waals surface area contributed by atoms with Crippen molar-refractivity contribution in [3.05, 3.63) is 0 Å². The Morgan fingerprint density at radius 3 is 2.90 bits per heavy atom. The Kier molecular flexibility index (Phi) is 4.10. The van der Waals surface area contributed by atoms with Crippen LogP contribution in [0, 0.1) is 0 Å². The molecule has 1 aliphatic heterocycles. The predicted molar refractivity (Wildman–Crippen MR) is 40.5 cm³/mol. The van der Waals surface area contributed by atoms with E-state index in [-0.39, 0.29) is 0 Å². The minimum Gasteiger partial charge on any atom is -0.376 e. The summed E-state index contributed by atoms with van der Waals surface area (Å²) in [6, 6.07) is 0. The zero-order chi connectivity index (χ0) is 7.23. The van der Waals surface area contributed by atoms with Gasteiger partial charge in [-0.25, -0.2) is 0 Å². The number of hydrogen-bond donors (Lipinski definition) is 0. The Morgan fingerprint density at radius 1 is 1.40 bits per heavy atom. The maximum atomic E-state index is 5.52. The van der Waals surface area contributed by atoms with Crippen LogP contribution in [-0.2, 0) is 9.47 Å². The van der Waals surface area contributed by atoms with E-state index in [1.165, 1.54) is 0 Å². The highest BCUT2D eigenvalue weighted by atomic mass is 35.5. The lowest BCUT2D eigenvalue weighted by molar-refractivity contribution is -0.0906. The van der Waals surface area contributed by atoms with Gasteiger partial charge in [0, 0.05) is 5.88 Å². The van der Waals surface area contributed by atoms with E-state index >= 15 is 0 Å². The molecule has 0 amide bonds. The number of halogens is 1.